The molecule has 0 bridgehead atoms. The van der Waals surface area contributed by atoms with Gasteiger partial charge in [-0.2, -0.15) is 0 Å². The molecule has 0 unspecified atom stereocenters. The molecule has 1 aliphatic rings. The highest BCUT2D eigenvalue weighted by Crippen LogP contribution is 2.20. The smallest absolute Gasteiger partial charge is 0.326 e. The molecule has 2 rings (SSSR count). The van der Waals surface area contributed by atoms with Crippen LogP contribution >= 0.6 is 0 Å². The second kappa shape index (κ2) is 5.94. The van der Waals surface area contributed by atoms with Gasteiger partial charge in [0.15, 0.2) is 6.10 Å². The van der Waals surface area contributed by atoms with Crippen LogP contribution in [0, 0.1) is 6.92 Å². The van der Waals surface area contributed by atoms with E-state index < -0.39 is 18.1 Å². The van der Waals surface area contributed by atoms with Crippen LogP contribution in [0.5, 0.6) is 5.75 Å². The quantitative estimate of drug-likeness (QED) is 0.912. The molecule has 0 saturated carbocycles. The standard InChI is InChI=1S/C15H19NO4/c1-10-5-3-6-12(9-10)20-11(2)14(17)16-8-4-7-13(16)15(18)19/h3,5-6,9,11,13H,4,7-8H2,1-2H3,(H,18,19)/t11-,13-/m0/s1. The minimum Gasteiger partial charge on any atom is -0.481 e. The summed E-state index contributed by atoms with van der Waals surface area (Å²) in [5, 5.41) is 9.11. The second-order valence-corrected chi connectivity index (χ2v) is 5.10. The number of hydrogen-bond donors (Lipinski definition) is 1. The van der Waals surface area contributed by atoms with Crippen LogP contribution in [0.3, 0.4) is 0 Å². The van der Waals surface area contributed by atoms with Gasteiger partial charge in [0, 0.05) is 6.54 Å². The molecule has 0 aliphatic carbocycles. The number of ether oxygens (including phenoxy) is 1. The SMILES string of the molecule is Cc1cccc(O[C@@H](C)C(=O)N2CCC[C@H]2C(=O)O)c1. The third-order valence-corrected chi connectivity index (χ3v) is 3.47. The zero-order valence-corrected chi connectivity index (χ0v) is 11.7. The van der Waals surface area contributed by atoms with Gasteiger partial charge in [-0.1, -0.05) is 12.1 Å². The van der Waals surface area contributed by atoms with Crippen molar-refractivity contribution in [3.05, 3.63) is 29.8 Å². The lowest BCUT2D eigenvalue weighted by atomic mass is 10.2. The molecule has 1 saturated heterocycles. The summed E-state index contributed by atoms with van der Waals surface area (Å²) in [5.41, 5.74) is 1.05. The van der Waals surface area contributed by atoms with Crippen molar-refractivity contribution < 1.29 is 19.4 Å². The zero-order valence-electron chi connectivity index (χ0n) is 11.7. The molecule has 1 N–H and O–H groups in total. The van der Waals surface area contributed by atoms with Crippen molar-refractivity contribution in [2.24, 2.45) is 0 Å². The molecule has 1 amide bonds. The zero-order chi connectivity index (χ0) is 14.7. The Labute approximate surface area is 118 Å². The summed E-state index contributed by atoms with van der Waals surface area (Å²) < 4.78 is 5.61. The fraction of sp³-hybridized carbons (Fsp3) is 0.467. The van der Waals surface area contributed by atoms with Gasteiger partial charge in [0.2, 0.25) is 0 Å². The van der Waals surface area contributed by atoms with E-state index >= 15 is 0 Å². The molecule has 1 aliphatic heterocycles. The Hall–Kier alpha value is -2.04. The Morgan fingerprint density at radius 2 is 2.20 bits per heavy atom. The van der Waals surface area contributed by atoms with Gasteiger partial charge >= 0.3 is 5.97 Å². The van der Waals surface area contributed by atoms with Gasteiger partial charge in [-0.3, -0.25) is 4.79 Å². The molecule has 1 aromatic rings. The predicted molar refractivity (Wildman–Crippen MR) is 73.6 cm³/mol. The molecule has 1 aromatic carbocycles. The van der Waals surface area contributed by atoms with E-state index in [1.165, 1.54) is 4.90 Å². The lowest BCUT2D eigenvalue weighted by Gasteiger charge is -2.25. The number of amides is 1. The van der Waals surface area contributed by atoms with E-state index in [-0.39, 0.29) is 5.91 Å². The summed E-state index contributed by atoms with van der Waals surface area (Å²) in [7, 11) is 0. The van der Waals surface area contributed by atoms with Gasteiger partial charge in [0.25, 0.3) is 5.91 Å². The van der Waals surface area contributed by atoms with Crippen LogP contribution < -0.4 is 4.74 Å². The summed E-state index contributed by atoms with van der Waals surface area (Å²) >= 11 is 0. The Kier molecular flexibility index (Phi) is 4.27. The fourth-order valence-corrected chi connectivity index (χ4v) is 2.46. The Morgan fingerprint density at radius 3 is 2.85 bits per heavy atom. The van der Waals surface area contributed by atoms with E-state index in [1.54, 1.807) is 13.0 Å². The van der Waals surface area contributed by atoms with Crippen LogP contribution in [0.15, 0.2) is 24.3 Å². The number of aliphatic carboxylic acids is 1. The maximum Gasteiger partial charge on any atom is 0.326 e. The molecule has 108 valence electrons. The number of nitrogens with zero attached hydrogens (tertiary/aromatic N) is 1. The summed E-state index contributed by atoms with van der Waals surface area (Å²) in [6, 6.07) is 6.72. The molecule has 20 heavy (non-hydrogen) atoms. The highest BCUT2D eigenvalue weighted by molar-refractivity contribution is 5.87. The van der Waals surface area contributed by atoms with Crippen molar-refractivity contribution in [1.29, 1.82) is 0 Å². The third-order valence-electron chi connectivity index (χ3n) is 3.47. The highest BCUT2D eigenvalue weighted by atomic mass is 16.5. The fourth-order valence-electron chi connectivity index (χ4n) is 2.46. The van der Waals surface area contributed by atoms with Crippen molar-refractivity contribution in [3.8, 4) is 5.75 Å². The minimum absolute atomic E-state index is 0.267. The molecule has 0 radical (unpaired) electrons. The molecule has 0 aromatic heterocycles. The number of benzene rings is 1. The number of carboxylic acid groups (broad SMARTS) is 1. The highest BCUT2D eigenvalue weighted by Gasteiger charge is 2.36. The monoisotopic (exact) mass is 277 g/mol. The Balaban J connectivity index is 2.03. The summed E-state index contributed by atoms with van der Waals surface area (Å²) in [5.74, 6) is -0.591. The Morgan fingerprint density at radius 1 is 1.45 bits per heavy atom. The van der Waals surface area contributed by atoms with Crippen LogP contribution in [0.25, 0.3) is 0 Å². The first-order valence-corrected chi connectivity index (χ1v) is 6.75. The van der Waals surface area contributed by atoms with Crippen molar-refractivity contribution in [1.82, 2.24) is 4.90 Å². The molecule has 5 heteroatoms. The van der Waals surface area contributed by atoms with E-state index in [1.807, 2.05) is 25.1 Å². The molecule has 0 spiro atoms. The first-order chi connectivity index (χ1) is 9.49. The van der Waals surface area contributed by atoms with E-state index in [2.05, 4.69) is 0 Å². The van der Waals surface area contributed by atoms with Gasteiger partial charge in [-0.15, -0.1) is 0 Å². The van der Waals surface area contributed by atoms with Crippen molar-refractivity contribution >= 4 is 11.9 Å². The maximum absolute atomic E-state index is 12.3. The first-order valence-electron chi connectivity index (χ1n) is 6.75. The average Bonchev–Trinajstić information content (AvgIpc) is 2.87. The largest absolute Gasteiger partial charge is 0.481 e. The van der Waals surface area contributed by atoms with Crippen molar-refractivity contribution in [2.45, 2.75) is 38.8 Å². The number of rotatable bonds is 4. The topological polar surface area (TPSA) is 66.8 Å². The van der Waals surface area contributed by atoms with Gasteiger partial charge in [-0.25, -0.2) is 4.79 Å². The number of likely N-dealkylation sites (tertiary alicyclic amines) is 1. The second-order valence-electron chi connectivity index (χ2n) is 5.10. The normalized spacial score (nSPS) is 19.7. The average molecular weight is 277 g/mol. The number of carbonyl (C=O) groups is 2. The number of carbonyl (C=O) groups excluding carboxylic acids is 1. The van der Waals surface area contributed by atoms with Crippen LogP contribution in [0.2, 0.25) is 0 Å². The molecule has 5 nitrogen and oxygen atoms in total. The van der Waals surface area contributed by atoms with Crippen molar-refractivity contribution in [3.63, 3.8) is 0 Å². The van der Waals surface area contributed by atoms with Gasteiger partial charge in [-0.05, 0) is 44.4 Å². The minimum atomic E-state index is -0.946. The summed E-state index contributed by atoms with van der Waals surface area (Å²) in [6.45, 7) is 4.08. The summed E-state index contributed by atoms with van der Waals surface area (Å²) in [6.07, 6.45) is 0.551. The molecule has 1 fully saturated rings. The van der Waals surface area contributed by atoms with E-state index in [9.17, 15) is 9.59 Å². The maximum atomic E-state index is 12.3. The van der Waals surface area contributed by atoms with E-state index in [0.717, 1.165) is 12.0 Å². The molecular weight excluding hydrogens is 258 g/mol. The first kappa shape index (κ1) is 14.4. The van der Waals surface area contributed by atoms with Crippen LogP contribution in [-0.4, -0.2) is 40.6 Å². The Bertz CT molecular complexity index is 514. The summed E-state index contributed by atoms with van der Waals surface area (Å²) in [4.78, 5) is 24.8. The van der Waals surface area contributed by atoms with Crippen molar-refractivity contribution in [2.75, 3.05) is 6.54 Å². The predicted octanol–water partition coefficient (Wildman–Crippen LogP) is 1.84. The number of carboxylic acids is 1. The van der Waals surface area contributed by atoms with Crippen LogP contribution in [0.4, 0.5) is 0 Å². The van der Waals surface area contributed by atoms with E-state index in [4.69, 9.17) is 9.84 Å². The molecule has 1 heterocycles. The van der Waals surface area contributed by atoms with Crippen LogP contribution in [0.1, 0.15) is 25.3 Å². The number of aryl methyl sites for hydroxylation is 1. The molecular formula is C15H19NO4. The lowest BCUT2D eigenvalue weighted by Crippen LogP contribution is -2.46. The third kappa shape index (κ3) is 3.10. The van der Waals surface area contributed by atoms with Gasteiger partial charge < -0.3 is 14.7 Å². The lowest BCUT2D eigenvalue weighted by molar-refractivity contribution is -0.150. The van der Waals surface area contributed by atoms with Gasteiger partial charge in [0.1, 0.15) is 11.8 Å². The van der Waals surface area contributed by atoms with Crippen LogP contribution in [-0.2, 0) is 9.59 Å². The number of hydrogen-bond acceptors (Lipinski definition) is 3. The van der Waals surface area contributed by atoms with Gasteiger partial charge in [0.05, 0.1) is 0 Å². The molecule has 2 atom stereocenters. The van der Waals surface area contributed by atoms with E-state index in [0.29, 0.717) is 18.7 Å².